The highest BCUT2D eigenvalue weighted by molar-refractivity contribution is 7.89. The molecule has 0 fully saturated rings. The number of halogens is 1. The molecule has 5 heteroatoms. The molecule has 1 aromatic carbocycles. The summed E-state index contributed by atoms with van der Waals surface area (Å²) in [6, 6.07) is 5.17. The molecule has 0 saturated carbocycles. The van der Waals surface area contributed by atoms with Gasteiger partial charge in [0.1, 0.15) is 0 Å². The number of benzene rings is 1. The summed E-state index contributed by atoms with van der Waals surface area (Å²) >= 11 is 5.71. The Morgan fingerprint density at radius 2 is 1.84 bits per heavy atom. The minimum absolute atomic E-state index is 0.144. The molecule has 0 radical (unpaired) electrons. The zero-order chi connectivity index (χ0) is 14.7. The molecule has 0 bridgehead atoms. The van der Waals surface area contributed by atoms with Gasteiger partial charge in [-0.25, -0.2) is 13.1 Å². The normalized spacial score (nSPS) is 12.7. The molecule has 0 amide bonds. The van der Waals surface area contributed by atoms with Gasteiger partial charge in [-0.15, -0.1) is 11.6 Å². The predicted octanol–water partition coefficient (Wildman–Crippen LogP) is 3.24. The van der Waals surface area contributed by atoms with Crippen molar-refractivity contribution in [2.75, 3.05) is 12.4 Å². The Bertz CT molecular complexity index is 538. The standard InChI is InChI=1S/C14H22ClNO2S/c1-11-5-6-13(9-12(11)2)19(17,18)16-10-14(3,4)7-8-15/h5-6,9,16H,7-8,10H2,1-4H3. The van der Waals surface area contributed by atoms with E-state index in [9.17, 15) is 8.42 Å². The van der Waals surface area contributed by atoms with Crippen LogP contribution in [-0.2, 0) is 10.0 Å². The molecule has 0 unspecified atom stereocenters. The van der Waals surface area contributed by atoms with E-state index < -0.39 is 10.0 Å². The van der Waals surface area contributed by atoms with Crippen LogP contribution in [0.3, 0.4) is 0 Å². The van der Waals surface area contributed by atoms with Gasteiger partial charge in [0.05, 0.1) is 4.90 Å². The SMILES string of the molecule is Cc1ccc(S(=O)(=O)NCC(C)(C)CCCl)cc1C. The van der Waals surface area contributed by atoms with E-state index in [1.165, 1.54) is 0 Å². The van der Waals surface area contributed by atoms with Crippen LogP contribution in [0.5, 0.6) is 0 Å². The fourth-order valence-electron chi connectivity index (χ4n) is 1.60. The fraction of sp³-hybridized carbons (Fsp3) is 0.571. The molecule has 0 aliphatic rings. The van der Waals surface area contributed by atoms with Gasteiger partial charge in [-0.05, 0) is 48.9 Å². The second-order valence-electron chi connectivity index (χ2n) is 5.67. The molecule has 1 rings (SSSR count). The lowest BCUT2D eigenvalue weighted by atomic mass is 9.91. The van der Waals surface area contributed by atoms with Crippen molar-refractivity contribution in [3.63, 3.8) is 0 Å². The van der Waals surface area contributed by atoms with Crippen LogP contribution in [0.1, 0.15) is 31.4 Å². The third kappa shape index (κ3) is 4.79. The van der Waals surface area contributed by atoms with Crippen molar-refractivity contribution in [1.29, 1.82) is 0 Å². The molecular weight excluding hydrogens is 282 g/mol. The first-order valence-electron chi connectivity index (χ1n) is 6.31. The highest BCUT2D eigenvalue weighted by Gasteiger charge is 2.22. The highest BCUT2D eigenvalue weighted by Crippen LogP contribution is 2.21. The monoisotopic (exact) mass is 303 g/mol. The van der Waals surface area contributed by atoms with Crippen LogP contribution >= 0.6 is 11.6 Å². The summed E-state index contributed by atoms with van der Waals surface area (Å²) in [6.07, 6.45) is 0.768. The number of nitrogens with one attached hydrogen (secondary N) is 1. The number of hydrogen-bond donors (Lipinski definition) is 1. The first-order valence-corrected chi connectivity index (χ1v) is 8.33. The molecule has 108 valence electrons. The minimum atomic E-state index is -3.44. The Morgan fingerprint density at radius 1 is 1.21 bits per heavy atom. The number of rotatable bonds is 6. The molecule has 1 aromatic rings. The number of hydrogen-bond acceptors (Lipinski definition) is 2. The summed E-state index contributed by atoms with van der Waals surface area (Å²) in [4.78, 5) is 0.317. The summed E-state index contributed by atoms with van der Waals surface area (Å²) in [6.45, 7) is 8.25. The Labute approximate surface area is 121 Å². The minimum Gasteiger partial charge on any atom is -0.211 e. The fourth-order valence-corrected chi connectivity index (χ4v) is 3.44. The van der Waals surface area contributed by atoms with Gasteiger partial charge in [0.25, 0.3) is 0 Å². The Balaban J connectivity index is 2.84. The topological polar surface area (TPSA) is 46.2 Å². The summed E-state index contributed by atoms with van der Waals surface area (Å²) < 4.78 is 27.1. The lowest BCUT2D eigenvalue weighted by Crippen LogP contribution is -2.34. The van der Waals surface area contributed by atoms with Crippen LogP contribution in [0.25, 0.3) is 0 Å². The lowest BCUT2D eigenvalue weighted by molar-refractivity contribution is 0.352. The first-order chi connectivity index (χ1) is 8.68. The largest absolute Gasteiger partial charge is 0.240 e. The summed E-state index contributed by atoms with van der Waals surface area (Å²) in [5.74, 6) is 0.526. The average molecular weight is 304 g/mol. The molecule has 0 spiro atoms. The van der Waals surface area contributed by atoms with Crippen molar-refractivity contribution in [3.05, 3.63) is 29.3 Å². The molecule has 3 nitrogen and oxygen atoms in total. The smallest absolute Gasteiger partial charge is 0.211 e. The second-order valence-corrected chi connectivity index (χ2v) is 7.82. The van der Waals surface area contributed by atoms with E-state index in [1.54, 1.807) is 12.1 Å². The highest BCUT2D eigenvalue weighted by atomic mass is 35.5. The van der Waals surface area contributed by atoms with Crippen LogP contribution in [0.2, 0.25) is 0 Å². The Morgan fingerprint density at radius 3 is 2.37 bits per heavy atom. The number of aryl methyl sites for hydroxylation is 2. The van der Waals surface area contributed by atoms with Crippen molar-refractivity contribution in [1.82, 2.24) is 4.72 Å². The molecule has 0 atom stereocenters. The van der Waals surface area contributed by atoms with Gasteiger partial charge in [0.15, 0.2) is 0 Å². The summed E-state index contributed by atoms with van der Waals surface area (Å²) in [7, 11) is -3.44. The molecule has 0 aromatic heterocycles. The maximum absolute atomic E-state index is 12.2. The van der Waals surface area contributed by atoms with Crippen LogP contribution in [0.15, 0.2) is 23.1 Å². The van der Waals surface area contributed by atoms with Crippen LogP contribution < -0.4 is 4.72 Å². The zero-order valence-corrected chi connectivity index (χ0v) is 13.5. The molecule has 1 N–H and O–H groups in total. The zero-order valence-electron chi connectivity index (χ0n) is 12.0. The van der Waals surface area contributed by atoms with Gasteiger partial charge in [-0.1, -0.05) is 19.9 Å². The quantitative estimate of drug-likeness (QED) is 0.820. The second kappa shape index (κ2) is 6.25. The van der Waals surface area contributed by atoms with E-state index in [0.717, 1.165) is 17.5 Å². The van der Waals surface area contributed by atoms with Crippen molar-refractivity contribution in [2.45, 2.75) is 39.0 Å². The molecular formula is C14H22ClNO2S. The van der Waals surface area contributed by atoms with Crippen LogP contribution in [-0.4, -0.2) is 20.8 Å². The van der Waals surface area contributed by atoms with Crippen molar-refractivity contribution >= 4 is 21.6 Å². The molecule has 0 saturated heterocycles. The number of alkyl halides is 1. The van der Waals surface area contributed by atoms with Gasteiger partial charge in [-0.2, -0.15) is 0 Å². The first kappa shape index (κ1) is 16.5. The van der Waals surface area contributed by atoms with Gasteiger partial charge in [0.2, 0.25) is 10.0 Å². The van der Waals surface area contributed by atoms with Crippen molar-refractivity contribution in [2.24, 2.45) is 5.41 Å². The van der Waals surface area contributed by atoms with E-state index in [0.29, 0.717) is 17.3 Å². The van der Waals surface area contributed by atoms with Gasteiger partial charge < -0.3 is 0 Å². The third-order valence-corrected chi connectivity index (χ3v) is 4.89. The Hall–Kier alpha value is -0.580. The van der Waals surface area contributed by atoms with Crippen molar-refractivity contribution in [3.8, 4) is 0 Å². The van der Waals surface area contributed by atoms with Crippen LogP contribution in [0.4, 0.5) is 0 Å². The van der Waals surface area contributed by atoms with Crippen molar-refractivity contribution < 1.29 is 8.42 Å². The molecule has 0 heterocycles. The number of sulfonamides is 1. The van der Waals surface area contributed by atoms with Crippen LogP contribution in [0, 0.1) is 19.3 Å². The summed E-state index contributed by atoms with van der Waals surface area (Å²) in [5.41, 5.74) is 1.92. The molecule has 0 aliphatic carbocycles. The molecule has 19 heavy (non-hydrogen) atoms. The average Bonchev–Trinajstić information content (AvgIpc) is 2.30. The van der Waals surface area contributed by atoms with E-state index >= 15 is 0 Å². The van der Waals surface area contributed by atoms with Gasteiger partial charge >= 0.3 is 0 Å². The third-order valence-electron chi connectivity index (χ3n) is 3.30. The maximum Gasteiger partial charge on any atom is 0.240 e. The summed E-state index contributed by atoms with van der Waals surface area (Å²) in [5, 5.41) is 0. The maximum atomic E-state index is 12.2. The van der Waals surface area contributed by atoms with E-state index in [1.807, 2.05) is 33.8 Å². The lowest BCUT2D eigenvalue weighted by Gasteiger charge is -2.23. The molecule has 0 aliphatic heterocycles. The predicted molar refractivity (Wildman–Crippen MR) is 80.2 cm³/mol. The van der Waals surface area contributed by atoms with E-state index in [2.05, 4.69) is 4.72 Å². The van der Waals surface area contributed by atoms with E-state index in [-0.39, 0.29) is 5.41 Å². The van der Waals surface area contributed by atoms with Gasteiger partial charge in [0, 0.05) is 12.4 Å². The Kier molecular flexibility index (Phi) is 5.42. The van der Waals surface area contributed by atoms with Gasteiger partial charge in [-0.3, -0.25) is 0 Å². The van der Waals surface area contributed by atoms with E-state index in [4.69, 9.17) is 11.6 Å².